The first kappa shape index (κ1) is 42.7. The Labute approximate surface area is 348 Å². The highest BCUT2D eigenvalue weighted by Gasteiger charge is 2.13. The fraction of sp³-hybridized carbons (Fsp3) is 0.158. The van der Waals surface area contributed by atoms with E-state index in [4.69, 9.17) is 0 Å². The van der Waals surface area contributed by atoms with Gasteiger partial charge in [-0.1, -0.05) is 208 Å². The van der Waals surface area contributed by atoms with Crippen LogP contribution in [0.25, 0.3) is 60.9 Å². The molecule has 0 amide bonds. The van der Waals surface area contributed by atoms with Gasteiger partial charge >= 0.3 is 0 Å². The molecular formula is C57H59N. The van der Waals surface area contributed by atoms with Crippen LogP contribution in [-0.2, 0) is 0 Å². The molecule has 1 heterocycles. The molecule has 9 rings (SSSR count). The van der Waals surface area contributed by atoms with Crippen molar-refractivity contribution in [2.24, 2.45) is 0 Å². The molecule has 0 aliphatic carbocycles. The number of para-hydroxylation sites is 2. The van der Waals surface area contributed by atoms with Gasteiger partial charge in [0.2, 0.25) is 0 Å². The van der Waals surface area contributed by atoms with Crippen LogP contribution in [0.5, 0.6) is 0 Å². The Morgan fingerprint density at radius 1 is 0.293 bits per heavy atom. The summed E-state index contributed by atoms with van der Waals surface area (Å²) in [5, 5.41) is 2.59. The molecule has 0 N–H and O–H groups in total. The van der Waals surface area contributed by atoms with Crippen LogP contribution < -0.4 is 0 Å². The lowest BCUT2D eigenvalue weighted by atomic mass is 9.95. The SMILES string of the molecule is CC.CC.Cc1ccc(-c2ccc3c(c2)c2ccccc2n3-c2ccccc2)cc1.Cc1ccc(-c2ccccc2)cc1.Cc1ccc(-c2ccccc2C)c(C)c1. The lowest BCUT2D eigenvalue weighted by molar-refractivity contribution is 1.18. The van der Waals surface area contributed by atoms with E-state index < -0.39 is 0 Å². The second kappa shape index (κ2) is 21.2. The van der Waals surface area contributed by atoms with Crippen LogP contribution >= 0.6 is 0 Å². The van der Waals surface area contributed by atoms with E-state index in [0.717, 1.165) is 0 Å². The Morgan fingerprint density at radius 2 is 0.741 bits per heavy atom. The van der Waals surface area contributed by atoms with E-state index in [1.54, 1.807) is 0 Å². The van der Waals surface area contributed by atoms with Gasteiger partial charge in [0.25, 0.3) is 0 Å². The van der Waals surface area contributed by atoms with Crippen molar-refractivity contribution in [1.82, 2.24) is 4.57 Å². The lowest BCUT2D eigenvalue weighted by Gasteiger charge is -2.09. The van der Waals surface area contributed by atoms with Crippen molar-refractivity contribution in [1.29, 1.82) is 0 Å². The van der Waals surface area contributed by atoms with Crippen LogP contribution in [-0.4, -0.2) is 4.57 Å². The normalized spacial score (nSPS) is 10.2. The summed E-state index contributed by atoms with van der Waals surface area (Å²) >= 11 is 0. The Balaban J connectivity index is 0.000000171. The quantitative estimate of drug-likeness (QED) is 0.168. The van der Waals surface area contributed by atoms with Crippen LogP contribution in [0.3, 0.4) is 0 Å². The maximum Gasteiger partial charge on any atom is 0.0541 e. The molecule has 0 aliphatic rings. The lowest BCUT2D eigenvalue weighted by Crippen LogP contribution is -1.92. The summed E-state index contributed by atoms with van der Waals surface area (Å²) in [5.41, 5.74) is 18.1. The average molecular weight is 758 g/mol. The molecule has 1 nitrogen and oxygen atoms in total. The zero-order valence-corrected chi connectivity index (χ0v) is 35.9. The molecule has 58 heavy (non-hydrogen) atoms. The molecule has 0 atom stereocenters. The topological polar surface area (TPSA) is 4.93 Å². The summed E-state index contributed by atoms with van der Waals surface area (Å²) in [7, 11) is 0. The first-order valence-electron chi connectivity index (χ1n) is 20.8. The van der Waals surface area contributed by atoms with Crippen molar-refractivity contribution in [3.8, 4) is 39.1 Å². The van der Waals surface area contributed by atoms with Gasteiger partial charge in [0.1, 0.15) is 0 Å². The van der Waals surface area contributed by atoms with Gasteiger partial charge in [-0.2, -0.15) is 0 Å². The number of aryl methyl sites for hydroxylation is 5. The van der Waals surface area contributed by atoms with Crippen molar-refractivity contribution in [3.63, 3.8) is 0 Å². The largest absolute Gasteiger partial charge is 0.309 e. The van der Waals surface area contributed by atoms with E-state index in [-0.39, 0.29) is 0 Å². The average Bonchev–Trinajstić information content (AvgIpc) is 3.61. The molecule has 1 aromatic heterocycles. The standard InChI is InChI=1S/C25H19N.C15H16.C13H12.2C2H6/c1-18-11-13-19(14-12-18)20-15-16-25-23(17-20)22-9-5-6-10-24(22)26(25)21-7-3-2-4-8-21;1-11-8-9-15(13(3)10-11)14-7-5-4-6-12(14)2;1-11-7-9-13(10-8-11)12-5-3-2-4-6-12;2*1-2/h2-17H,1H3;4-10H,1-3H3;2-10H,1H3;2*1-2H3. The summed E-state index contributed by atoms with van der Waals surface area (Å²) in [5.74, 6) is 0. The number of rotatable bonds is 4. The first-order chi connectivity index (χ1) is 28.4. The van der Waals surface area contributed by atoms with E-state index in [9.17, 15) is 0 Å². The van der Waals surface area contributed by atoms with E-state index in [0.29, 0.717) is 0 Å². The third kappa shape index (κ3) is 10.5. The van der Waals surface area contributed by atoms with Crippen LogP contribution in [0.1, 0.15) is 55.5 Å². The number of benzene rings is 8. The monoisotopic (exact) mass is 757 g/mol. The maximum absolute atomic E-state index is 2.35. The number of aromatic nitrogens is 1. The Morgan fingerprint density at radius 3 is 1.34 bits per heavy atom. The fourth-order valence-electron chi connectivity index (χ4n) is 7.12. The number of nitrogens with zero attached hydrogens (tertiary/aromatic N) is 1. The predicted octanol–water partition coefficient (Wildman–Crippen LogP) is 16.8. The maximum atomic E-state index is 2.35. The van der Waals surface area contributed by atoms with Crippen molar-refractivity contribution in [2.75, 3.05) is 0 Å². The summed E-state index contributed by atoms with van der Waals surface area (Å²) in [6, 6.07) is 69.0. The summed E-state index contributed by atoms with van der Waals surface area (Å²) < 4.78 is 2.35. The minimum atomic E-state index is 1.20. The molecule has 0 radical (unpaired) electrons. The van der Waals surface area contributed by atoms with Crippen molar-refractivity contribution in [3.05, 3.63) is 222 Å². The number of hydrogen-bond donors (Lipinski definition) is 0. The highest BCUT2D eigenvalue weighted by Crippen LogP contribution is 2.35. The predicted molar refractivity (Wildman–Crippen MR) is 256 cm³/mol. The zero-order chi connectivity index (χ0) is 41.4. The Hall–Kier alpha value is -6.44. The van der Waals surface area contributed by atoms with Crippen molar-refractivity contribution >= 4 is 21.8 Å². The third-order valence-corrected chi connectivity index (χ3v) is 10.0. The molecule has 0 unspecified atom stereocenters. The molecule has 0 saturated carbocycles. The van der Waals surface area contributed by atoms with Crippen LogP contribution in [0, 0.1) is 34.6 Å². The third-order valence-electron chi connectivity index (χ3n) is 10.0. The molecule has 292 valence electrons. The van der Waals surface area contributed by atoms with Crippen LogP contribution in [0.4, 0.5) is 0 Å². The summed E-state index contributed by atoms with van der Waals surface area (Å²) in [4.78, 5) is 0. The first-order valence-corrected chi connectivity index (χ1v) is 20.8. The van der Waals surface area contributed by atoms with Gasteiger partial charge in [-0.3, -0.25) is 0 Å². The van der Waals surface area contributed by atoms with Gasteiger partial charge in [-0.05, 0) is 109 Å². The smallest absolute Gasteiger partial charge is 0.0541 e. The van der Waals surface area contributed by atoms with Crippen molar-refractivity contribution < 1.29 is 0 Å². The molecule has 8 aromatic carbocycles. The van der Waals surface area contributed by atoms with Gasteiger partial charge < -0.3 is 4.57 Å². The molecule has 9 aromatic rings. The van der Waals surface area contributed by atoms with E-state index in [1.807, 2.05) is 33.8 Å². The zero-order valence-electron chi connectivity index (χ0n) is 35.9. The molecule has 0 aliphatic heterocycles. The molecule has 0 saturated heterocycles. The van der Waals surface area contributed by atoms with Gasteiger partial charge in [-0.15, -0.1) is 0 Å². The van der Waals surface area contributed by atoms with Gasteiger partial charge in [0, 0.05) is 16.5 Å². The van der Waals surface area contributed by atoms with Crippen LogP contribution in [0.15, 0.2) is 194 Å². The Kier molecular flexibility index (Phi) is 15.6. The molecule has 0 fully saturated rings. The molecule has 0 spiro atoms. The van der Waals surface area contributed by atoms with E-state index in [1.165, 1.54) is 88.7 Å². The Bertz CT molecular complexity index is 2610. The minimum Gasteiger partial charge on any atom is -0.309 e. The van der Waals surface area contributed by atoms with E-state index >= 15 is 0 Å². The highest BCUT2D eigenvalue weighted by molar-refractivity contribution is 6.10. The fourth-order valence-corrected chi connectivity index (χ4v) is 7.12. The van der Waals surface area contributed by atoms with Gasteiger partial charge in [0.15, 0.2) is 0 Å². The van der Waals surface area contributed by atoms with E-state index in [2.05, 4.69) is 227 Å². The second-order valence-corrected chi connectivity index (χ2v) is 14.2. The molecular weight excluding hydrogens is 699 g/mol. The van der Waals surface area contributed by atoms with Crippen molar-refractivity contribution in [2.45, 2.75) is 62.3 Å². The summed E-state index contributed by atoms with van der Waals surface area (Å²) in [6.45, 7) is 18.7. The number of fused-ring (bicyclic) bond motifs is 3. The number of hydrogen-bond acceptors (Lipinski definition) is 0. The van der Waals surface area contributed by atoms with Gasteiger partial charge in [-0.25, -0.2) is 0 Å². The summed E-state index contributed by atoms with van der Waals surface area (Å²) in [6.07, 6.45) is 0. The molecule has 0 bridgehead atoms. The minimum absolute atomic E-state index is 1.20. The van der Waals surface area contributed by atoms with Gasteiger partial charge in [0.05, 0.1) is 11.0 Å². The molecule has 1 heteroatoms. The highest BCUT2D eigenvalue weighted by atomic mass is 15.0. The second-order valence-electron chi connectivity index (χ2n) is 14.2. The van der Waals surface area contributed by atoms with Crippen LogP contribution in [0.2, 0.25) is 0 Å².